The number of hydrogen-bond donors (Lipinski definition) is 0. The zero-order chi connectivity index (χ0) is 21.5. The van der Waals surface area contributed by atoms with E-state index in [2.05, 4.69) is 16.0 Å². The van der Waals surface area contributed by atoms with E-state index in [9.17, 15) is 0 Å². The summed E-state index contributed by atoms with van der Waals surface area (Å²) in [5.41, 5.74) is 3.46. The van der Waals surface area contributed by atoms with E-state index in [1.165, 1.54) is 0 Å². The van der Waals surface area contributed by atoms with Gasteiger partial charge in [0.15, 0.2) is 0 Å². The second kappa shape index (κ2) is 9.59. The summed E-state index contributed by atoms with van der Waals surface area (Å²) in [5.74, 6) is 2.55. The van der Waals surface area contributed by atoms with E-state index >= 15 is 0 Å². The molecule has 0 radical (unpaired) electrons. The Bertz CT molecular complexity index is 1180. The lowest BCUT2D eigenvalue weighted by molar-refractivity contribution is 0.288. The maximum absolute atomic E-state index is 8.91. The first kappa shape index (κ1) is 20.2. The number of nitriles is 1. The van der Waals surface area contributed by atoms with Crippen LogP contribution in [0.5, 0.6) is 11.6 Å². The smallest absolute Gasteiger partial charge is 0.226 e. The van der Waals surface area contributed by atoms with Crippen LogP contribution in [0.2, 0.25) is 0 Å². The lowest BCUT2D eigenvalue weighted by Crippen LogP contribution is -2.01. The average molecular weight is 411 g/mol. The zero-order valence-electron chi connectivity index (χ0n) is 17.1. The minimum absolute atomic E-state index is 0.267. The molecule has 31 heavy (non-hydrogen) atoms. The van der Waals surface area contributed by atoms with E-state index in [0.717, 1.165) is 33.9 Å². The second-order valence-corrected chi connectivity index (χ2v) is 6.91. The normalized spacial score (nSPS) is 10.5. The summed E-state index contributed by atoms with van der Waals surface area (Å²) in [6.07, 6.45) is 1.92. The summed E-state index contributed by atoms with van der Waals surface area (Å²) in [6.45, 7) is 2.57. The van der Waals surface area contributed by atoms with E-state index in [0.29, 0.717) is 25.0 Å². The maximum atomic E-state index is 8.91. The fourth-order valence-electron chi connectivity index (χ4n) is 3.03. The molecule has 0 aliphatic heterocycles. The van der Waals surface area contributed by atoms with Gasteiger partial charge in [0.05, 0.1) is 12.5 Å². The van der Waals surface area contributed by atoms with Gasteiger partial charge in [0.1, 0.15) is 30.4 Å². The van der Waals surface area contributed by atoms with Crippen LogP contribution in [0.25, 0.3) is 11.5 Å². The van der Waals surface area contributed by atoms with Gasteiger partial charge in [0.25, 0.3) is 0 Å². The molecule has 0 aliphatic carbocycles. The van der Waals surface area contributed by atoms with Crippen LogP contribution in [0.3, 0.4) is 0 Å². The van der Waals surface area contributed by atoms with Gasteiger partial charge in [0.2, 0.25) is 11.8 Å². The highest BCUT2D eigenvalue weighted by Gasteiger charge is 2.12. The number of benzene rings is 2. The van der Waals surface area contributed by atoms with Crippen LogP contribution < -0.4 is 9.47 Å². The Hall–Kier alpha value is -4.11. The Labute approximate surface area is 180 Å². The topological polar surface area (TPSA) is 81.2 Å². The number of pyridine rings is 1. The maximum Gasteiger partial charge on any atom is 0.226 e. The molecule has 0 N–H and O–H groups in total. The fraction of sp³-hybridized carbons (Fsp3) is 0.160. The molecule has 0 fully saturated rings. The SMILES string of the molecule is Cc1oc(-c2ccccc2)nc1COc1ccc(COc2ncccc2CC#N)cc1. The van der Waals surface area contributed by atoms with Crippen LogP contribution in [0.4, 0.5) is 0 Å². The van der Waals surface area contributed by atoms with Crippen molar-refractivity contribution < 1.29 is 13.9 Å². The van der Waals surface area contributed by atoms with Crippen LogP contribution in [-0.2, 0) is 19.6 Å². The Kier molecular flexibility index (Phi) is 6.24. The first-order valence-corrected chi connectivity index (χ1v) is 9.90. The quantitative estimate of drug-likeness (QED) is 0.393. The third-order valence-electron chi connectivity index (χ3n) is 4.71. The van der Waals surface area contributed by atoms with Gasteiger partial charge in [-0.2, -0.15) is 5.26 Å². The van der Waals surface area contributed by atoms with Gasteiger partial charge in [-0.15, -0.1) is 0 Å². The fourth-order valence-corrected chi connectivity index (χ4v) is 3.03. The van der Waals surface area contributed by atoms with E-state index in [1.54, 1.807) is 12.3 Å². The molecule has 0 atom stereocenters. The predicted molar refractivity (Wildman–Crippen MR) is 115 cm³/mol. The monoisotopic (exact) mass is 411 g/mol. The van der Waals surface area contributed by atoms with Crippen molar-refractivity contribution in [3.63, 3.8) is 0 Å². The van der Waals surface area contributed by atoms with Gasteiger partial charge in [0, 0.05) is 17.3 Å². The van der Waals surface area contributed by atoms with Crippen molar-refractivity contribution >= 4 is 0 Å². The Balaban J connectivity index is 1.34. The Morgan fingerprint density at radius 1 is 0.935 bits per heavy atom. The number of nitrogens with zero attached hydrogens (tertiary/aromatic N) is 3. The number of ether oxygens (including phenoxy) is 2. The van der Waals surface area contributed by atoms with Crippen LogP contribution in [0.1, 0.15) is 22.6 Å². The lowest BCUT2D eigenvalue weighted by atomic mass is 10.2. The van der Waals surface area contributed by atoms with Crippen molar-refractivity contribution in [2.45, 2.75) is 26.6 Å². The third-order valence-corrected chi connectivity index (χ3v) is 4.71. The lowest BCUT2D eigenvalue weighted by Gasteiger charge is -2.09. The number of rotatable bonds is 8. The molecule has 2 heterocycles. The van der Waals surface area contributed by atoms with Crippen LogP contribution in [0.15, 0.2) is 77.3 Å². The minimum atomic E-state index is 0.267. The molecule has 2 aromatic carbocycles. The molecule has 6 nitrogen and oxygen atoms in total. The van der Waals surface area contributed by atoms with Gasteiger partial charge in [-0.1, -0.05) is 36.4 Å². The summed E-state index contributed by atoms with van der Waals surface area (Å²) < 4.78 is 17.4. The second-order valence-electron chi connectivity index (χ2n) is 6.91. The largest absolute Gasteiger partial charge is 0.487 e. The molecule has 0 bridgehead atoms. The molecule has 4 rings (SSSR count). The van der Waals surface area contributed by atoms with E-state index in [1.807, 2.05) is 67.6 Å². The minimum Gasteiger partial charge on any atom is -0.487 e. The standard InChI is InChI=1S/C25H21N3O3/c1-18-23(28-25(31-18)20-6-3-2-4-7-20)17-29-22-11-9-19(10-12-22)16-30-24-21(13-14-26)8-5-15-27-24/h2-12,15H,13,16-17H2,1H3. The van der Waals surface area contributed by atoms with Crippen molar-refractivity contribution in [2.24, 2.45) is 0 Å². The van der Waals surface area contributed by atoms with Crippen molar-refractivity contribution in [1.82, 2.24) is 9.97 Å². The number of aromatic nitrogens is 2. The van der Waals surface area contributed by atoms with Crippen LogP contribution in [0, 0.1) is 18.3 Å². The van der Waals surface area contributed by atoms with Gasteiger partial charge < -0.3 is 13.9 Å². The molecule has 0 unspecified atom stereocenters. The molecule has 0 saturated heterocycles. The van der Waals surface area contributed by atoms with Crippen LogP contribution >= 0.6 is 0 Å². The van der Waals surface area contributed by atoms with Crippen molar-refractivity contribution in [3.8, 4) is 29.2 Å². The zero-order valence-corrected chi connectivity index (χ0v) is 17.1. The van der Waals surface area contributed by atoms with Crippen molar-refractivity contribution in [2.75, 3.05) is 0 Å². The van der Waals surface area contributed by atoms with Gasteiger partial charge >= 0.3 is 0 Å². The molecule has 0 amide bonds. The summed E-state index contributed by atoms with van der Waals surface area (Å²) in [4.78, 5) is 8.77. The van der Waals surface area contributed by atoms with E-state index in [-0.39, 0.29) is 6.42 Å². The van der Waals surface area contributed by atoms with Gasteiger partial charge in [-0.25, -0.2) is 9.97 Å². The van der Waals surface area contributed by atoms with Crippen molar-refractivity contribution in [3.05, 3.63) is 95.5 Å². The first-order valence-electron chi connectivity index (χ1n) is 9.90. The highest BCUT2D eigenvalue weighted by atomic mass is 16.5. The molecule has 2 aromatic heterocycles. The molecule has 154 valence electrons. The van der Waals surface area contributed by atoms with Crippen molar-refractivity contribution in [1.29, 1.82) is 5.26 Å². The molecule has 0 aliphatic rings. The highest BCUT2D eigenvalue weighted by Crippen LogP contribution is 2.23. The number of aryl methyl sites for hydroxylation is 1. The van der Waals surface area contributed by atoms with Gasteiger partial charge in [-0.3, -0.25) is 0 Å². The molecule has 0 spiro atoms. The number of hydrogen-bond acceptors (Lipinski definition) is 6. The first-order chi connectivity index (χ1) is 15.2. The summed E-state index contributed by atoms with van der Waals surface area (Å²) in [5, 5.41) is 8.91. The summed E-state index contributed by atoms with van der Waals surface area (Å²) >= 11 is 0. The van der Waals surface area contributed by atoms with Gasteiger partial charge in [-0.05, 0) is 42.8 Å². The van der Waals surface area contributed by atoms with Crippen LogP contribution in [-0.4, -0.2) is 9.97 Å². The summed E-state index contributed by atoms with van der Waals surface area (Å²) in [6, 6.07) is 23.2. The Morgan fingerprint density at radius 2 is 1.74 bits per heavy atom. The third kappa shape index (κ3) is 5.09. The van der Waals surface area contributed by atoms with E-state index in [4.69, 9.17) is 19.2 Å². The van der Waals surface area contributed by atoms with E-state index < -0.39 is 0 Å². The average Bonchev–Trinajstić information content (AvgIpc) is 3.19. The molecule has 4 aromatic rings. The number of oxazole rings is 1. The Morgan fingerprint density at radius 3 is 2.52 bits per heavy atom. The molecule has 6 heteroatoms. The predicted octanol–water partition coefficient (Wildman–Crippen LogP) is 5.27. The molecule has 0 saturated carbocycles. The molecular weight excluding hydrogens is 390 g/mol. The molecular formula is C25H21N3O3. The highest BCUT2D eigenvalue weighted by molar-refractivity contribution is 5.53. The summed E-state index contributed by atoms with van der Waals surface area (Å²) in [7, 11) is 0.